The number of hydrogen-bond acceptors (Lipinski definition) is 4. The monoisotopic (exact) mass is 249 g/mol. The number of aliphatic hydroxyl groups is 1. The van der Waals surface area contributed by atoms with E-state index in [1.165, 1.54) is 18.4 Å². The Kier molecular flexibility index (Phi) is 4.55. The number of nitrogens with zero attached hydrogens (tertiary/aromatic N) is 2. The van der Waals surface area contributed by atoms with E-state index in [0.29, 0.717) is 12.5 Å². The third-order valence-electron chi connectivity index (χ3n) is 3.70. The number of aryl methyl sites for hydroxylation is 1. The fourth-order valence-electron chi connectivity index (χ4n) is 2.74. The summed E-state index contributed by atoms with van der Waals surface area (Å²) in [4.78, 5) is 6.90. The Morgan fingerprint density at radius 3 is 3.06 bits per heavy atom. The first-order valence-corrected chi connectivity index (χ1v) is 6.76. The summed E-state index contributed by atoms with van der Waals surface area (Å²) < 4.78 is 0. The van der Waals surface area contributed by atoms with Crippen molar-refractivity contribution in [1.29, 1.82) is 0 Å². The Hall–Kier alpha value is -1.13. The zero-order valence-electron chi connectivity index (χ0n) is 11.1. The van der Waals surface area contributed by atoms with Gasteiger partial charge >= 0.3 is 0 Å². The second-order valence-electron chi connectivity index (χ2n) is 5.15. The number of nitrogens with two attached hydrogens (primary N) is 1. The summed E-state index contributed by atoms with van der Waals surface area (Å²) >= 11 is 0. The van der Waals surface area contributed by atoms with Gasteiger partial charge in [-0.2, -0.15) is 0 Å². The van der Waals surface area contributed by atoms with Crippen molar-refractivity contribution < 1.29 is 5.11 Å². The quantitative estimate of drug-likeness (QED) is 0.848. The first-order chi connectivity index (χ1) is 8.74. The van der Waals surface area contributed by atoms with E-state index >= 15 is 0 Å². The van der Waals surface area contributed by atoms with Crippen LogP contribution in [-0.4, -0.2) is 29.8 Å². The van der Waals surface area contributed by atoms with Gasteiger partial charge in [0.15, 0.2) is 0 Å². The summed E-state index contributed by atoms with van der Waals surface area (Å²) in [5.74, 6) is 1.67. The molecule has 1 saturated heterocycles. The first-order valence-electron chi connectivity index (χ1n) is 6.76. The van der Waals surface area contributed by atoms with Gasteiger partial charge in [0, 0.05) is 32.4 Å². The molecule has 0 amide bonds. The van der Waals surface area contributed by atoms with Crippen LogP contribution in [0.1, 0.15) is 30.4 Å². The highest BCUT2D eigenvalue weighted by Crippen LogP contribution is 2.26. The lowest BCUT2D eigenvalue weighted by Gasteiger charge is -2.34. The molecule has 0 spiro atoms. The minimum atomic E-state index is 0.289. The predicted octanol–water partition coefficient (Wildman–Crippen LogP) is 1.45. The van der Waals surface area contributed by atoms with Gasteiger partial charge in [-0.15, -0.1) is 0 Å². The van der Waals surface area contributed by atoms with Crippen molar-refractivity contribution in [2.24, 2.45) is 11.7 Å². The topological polar surface area (TPSA) is 62.4 Å². The Morgan fingerprint density at radius 2 is 2.39 bits per heavy atom. The van der Waals surface area contributed by atoms with Crippen molar-refractivity contribution in [2.45, 2.75) is 32.7 Å². The number of rotatable bonds is 4. The Bertz CT molecular complexity index is 393. The standard InChI is InChI=1S/C14H23N3O/c1-11-7-13(8-15)9-16-14(11)17-5-2-3-12(10-17)4-6-18/h7,9,12,18H,2-6,8,10,15H2,1H3. The minimum absolute atomic E-state index is 0.289. The maximum atomic E-state index is 9.05. The van der Waals surface area contributed by atoms with Crippen molar-refractivity contribution in [3.8, 4) is 0 Å². The van der Waals surface area contributed by atoms with Gasteiger partial charge in [-0.3, -0.25) is 0 Å². The van der Waals surface area contributed by atoms with Crippen LogP contribution in [0, 0.1) is 12.8 Å². The van der Waals surface area contributed by atoms with Gasteiger partial charge in [0.2, 0.25) is 0 Å². The van der Waals surface area contributed by atoms with Crippen LogP contribution in [0.2, 0.25) is 0 Å². The van der Waals surface area contributed by atoms with Gasteiger partial charge in [0.1, 0.15) is 5.82 Å². The predicted molar refractivity (Wildman–Crippen MR) is 73.5 cm³/mol. The number of hydrogen-bond donors (Lipinski definition) is 2. The number of aliphatic hydroxyl groups excluding tert-OH is 1. The summed E-state index contributed by atoms with van der Waals surface area (Å²) in [6.45, 7) is 5.00. The number of pyridine rings is 1. The van der Waals surface area contributed by atoms with Crippen LogP contribution in [-0.2, 0) is 6.54 Å². The first kappa shape index (κ1) is 13.3. The van der Waals surface area contributed by atoms with E-state index in [4.69, 9.17) is 10.8 Å². The van der Waals surface area contributed by atoms with Crippen LogP contribution in [0.4, 0.5) is 5.82 Å². The van der Waals surface area contributed by atoms with Crippen molar-refractivity contribution in [2.75, 3.05) is 24.6 Å². The molecule has 1 aliphatic heterocycles. The normalized spacial score (nSPS) is 20.2. The van der Waals surface area contributed by atoms with Crippen LogP contribution < -0.4 is 10.6 Å². The van der Waals surface area contributed by atoms with E-state index < -0.39 is 0 Å². The van der Waals surface area contributed by atoms with Crippen molar-refractivity contribution in [1.82, 2.24) is 4.98 Å². The van der Waals surface area contributed by atoms with Gasteiger partial charge in [0.05, 0.1) is 0 Å². The SMILES string of the molecule is Cc1cc(CN)cnc1N1CCCC(CCO)C1. The van der Waals surface area contributed by atoms with Crippen molar-refractivity contribution in [3.63, 3.8) is 0 Å². The summed E-state index contributed by atoms with van der Waals surface area (Å²) in [7, 11) is 0. The third kappa shape index (κ3) is 3.00. The lowest BCUT2D eigenvalue weighted by atomic mass is 9.95. The van der Waals surface area contributed by atoms with Crippen LogP contribution >= 0.6 is 0 Å². The van der Waals surface area contributed by atoms with E-state index in [9.17, 15) is 0 Å². The Morgan fingerprint density at radius 1 is 1.56 bits per heavy atom. The molecule has 100 valence electrons. The molecule has 3 N–H and O–H groups in total. The van der Waals surface area contributed by atoms with Crippen molar-refractivity contribution in [3.05, 3.63) is 23.4 Å². The molecule has 2 rings (SSSR count). The maximum absolute atomic E-state index is 9.05. The molecule has 1 fully saturated rings. The minimum Gasteiger partial charge on any atom is -0.396 e. The van der Waals surface area contributed by atoms with Gasteiger partial charge in [-0.05, 0) is 49.3 Å². The smallest absolute Gasteiger partial charge is 0.131 e. The van der Waals surface area contributed by atoms with Gasteiger partial charge in [-0.25, -0.2) is 4.98 Å². The molecule has 0 bridgehead atoms. The third-order valence-corrected chi connectivity index (χ3v) is 3.70. The Balaban J connectivity index is 2.10. The fraction of sp³-hybridized carbons (Fsp3) is 0.643. The fourth-order valence-corrected chi connectivity index (χ4v) is 2.74. The van der Waals surface area contributed by atoms with E-state index in [0.717, 1.165) is 30.9 Å². The zero-order chi connectivity index (χ0) is 13.0. The molecule has 1 aromatic heterocycles. The number of piperidine rings is 1. The van der Waals surface area contributed by atoms with E-state index in [2.05, 4.69) is 22.9 Å². The molecule has 4 heteroatoms. The largest absolute Gasteiger partial charge is 0.396 e. The summed E-state index contributed by atoms with van der Waals surface area (Å²) in [5, 5.41) is 9.05. The zero-order valence-corrected chi connectivity index (χ0v) is 11.1. The molecule has 1 atom stereocenters. The molecule has 0 aromatic carbocycles. The molecule has 4 nitrogen and oxygen atoms in total. The average Bonchev–Trinajstić information content (AvgIpc) is 2.39. The van der Waals surface area contributed by atoms with Gasteiger partial charge in [-0.1, -0.05) is 0 Å². The molecular formula is C14H23N3O. The molecule has 2 heterocycles. The molecule has 18 heavy (non-hydrogen) atoms. The van der Waals surface area contributed by atoms with Gasteiger partial charge < -0.3 is 15.7 Å². The van der Waals surface area contributed by atoms with Crippen LogP contribution in [0.15, 0.2) is 12.3 Å². The molecule has 1 unspecified atom stereocenters. The summed E-state index contributed by atoms with van der Waals surface area (Å²) in [6.07, 6.45) is 5.18. The highest BCUT2D eigenvalue weighted by molar-refractivity contribution is 5.47. The molecule has 0 saturated carbocycles. The van der Waals surface area contributed by atoms with Crippen LogP contribution in [0.3, 0.4) is 0 Å². The summed E-state index contributed by atoms with van der Waals surface area (Å²) in [5.41, 5.74) is 7.91. The van der Waals surface area contributed by atoms with Crippen molar-refractivity contribution >= 4 is 5.82 Å². The van der Waals surface area contributed by atoms with Crippen LogP contribution in [0.25, 0.3) is 0 Å². The second-order valence-corrected chi connectivity index (χ2v) is 5.15. The average molecular weight is 249 g/mol. The number of aromatic nitrogens is 1. The molecular weight excluding hydrogens is 226 g/mol. The Labute approximate surface area is 109 Å². The van der Waals surface area contributed by atoms with E-state index in [1.54, 1.807) is 0 Å². The maximum Gasteiger partial charge on any atom is 0.131 e. The van der Waals surface area contributed by atoms with Crippen LogP contribution in [0.5, 0.6) is 0 Å². The molecule has 0 aliphatic carbocycles. The second kappa shape index (κ2) is 6.16. The molecule has 0 radical (unpaired) electrons. The molecule has 1 aromatic rings. The van der Waals surface area contributed by atoms with E-state index in [-0.39, 0.29) is 6.61 Å². The van der Waals surface area contributed by atoms with E-state index in [1.807, 2.05) is 6.20 Å². The number of anilines is 1. The molecule has 1 aliphatic rings. The highest BCUT2D eigenvalue weighted by Gasteiger charge is 2.21. The highest BCUT2D eigenvalue weighted by atomic mass is 16.3. The van der Waals surface area contributed by atoms with Gasteiger partial charge in [0.25, 0.3) is 0 Å². The lowest BCUT2D eigenvalue weighted by Crippen LogP contribution is -2.36. The summed E-state index contributed by atoms with van der Waals surface area (Å²) in [6, 6.07) is 2.12. The lowest BCUT2D eigenvalue weighted by molar-refractivity contribution is 0.244.